The molecule has 6 heteroatoms. The van der Waals surface area contributed by atoms with E-state index in [1.54, 1.807) is 7.05 Å². The van der Waals surface area contributed by atoms with Gasteiger partial charge in [0.25, 0.3) is 0 Å². The molecule has 0 saturated heterocycles. The van der Waals surface area contributed by atoms with Crippen LogP contribution in [0.5, 0.6) is 0 Å². The molecular formula is C12H21BrN4O. The third-order valence-corrected chi connectivity index (χ3v) is 3.64. The number of carbonyl (C=O) groups excluding carboxylic acids is 1. The van der Waals surface area contributed by atoms with Crippen LogP contribution in [0, 0.1) is 5.92 Å². The highest BCUT2D eigenvalue weighted by atomic mass is 79.9. The number of aromatic nitrogens is 3. The Morgan fingerprint density at radius 3 is 2.67 bits per heavy atom. The third-order valence-electron chi connectivity index (χ3n) is 3.10. The van der Waals surface area contributed by atoms with E-state index in [4.69, 9.17) is 5.73 Å². The first kappa shape index (κ1) is 15.3. The molecule has 18 heavy (non-hydrogen) atoms. The predicted octanol–water partition coefficient (Wildman–Crippen LogP) is 2.31. The summed E-state index contributed by atoms with van der Waals surface area (Å²) >= 11 is 3.25. The summed E-state index contributed by atoms with van der Waals surface area (Å²) < 4.78 is 2.05. The maximum Gasteiger partial charge on any atom is 0.183 e. The Balaban J connectivity index is 2.54. The lowest BCUT2D eigenvalue weighted by Crippen LogP contribution is -2.13. The Labute approximate surface area is 116 Å². The Kier molecular flexibility index (Phi) is 6.49. The van der Waals surface area contributed by atoms with Crippen LogP contribution in [0.3, 0.4) is 0 Å². The number of hydrogen-bond acceptors (Lipinski definition) is 4. The minimum atomic E-state index is 0.0903. The quantitative estimate of drug-likeness (QED) is 0.747. The SMILES string of the molecule is CCCC(CCN)CCC(=O)c1c(Br)nnn1C. The number of halogens is 1. The van der Waals surface area contributed by atoms with Crippen LogP contribution in [0.25, 0.3) is 0 Å². The first-order valence-electron chi connectivity index (χ1n) is 6.38. The number of nitrogens with two attached hydrogens (primary N) is 1. The van der Waals surface area contributed by atoms with E-state index in [0.717, 1.165) is 25.7 Å². The number of ketones is 1. The van der Waals surface area contributed by atoms with Crippen LogP contribution in [0.4, 0.5) is 0 Å². The molecule has 102 valence electrons. The lowest BCUT2D eigenvalue weighted by molar-refractivity contribution is 0.0962. The first-order valence-corrected chi connectivity index (χ1v) is 7.17. The third kappa shape index (κ3) is 4.17. The van der Waals surface area contributed by atoms with E-state index in [1.165, 1.54) is 4.68 Å². The van der Waals surface area contributed by atoms with E-state index in [9.17, 15) is 4.79 Å². The number of nitrogens with zero attached hydrogens (tertiary/aromatic N) is 3. The summed E-state index contributed by atoms with van der Waals surface area (Å²) in [6.07, 6.45) is 4.68. The van der Waals surface area contributed by atoms with E-state index in [-0.39, 0.29) is 5.78 Å². The monoisotopic (exact) mass is 316 g/mol. The van der Waals surface area contributed by atoms with Gasteiger partial charge in [0.15, 0.2) is 10.4 Å². The second kappa shape index (κ2) is 7.63. The summed E-state index contributed by atoms with van der Waals surface area (Å²) in [4.78, 5) is 12.1. The van der Waals surface area contributed by atoms with Crippen LogP contribution in [0.2, 0.25) is 0 Å². The van der Waals surface area contributed by atoms with Crippen molar-refractivity contribution in [2.24, 2.45) is 18.7 Å². The Morgan fingerprint density at radius 2 is 2.17 bits per heavy atom. The maximum absolute atomic E-state index is 12.1. The molecule has 1 aromatic heterocycles. The lowest BCUT2D eigenvalue weighted by Gasteiger charge is -2.14. The summed E-state index contributed by atoms with van der Waals surface area (Å²) in [6, 6.07) is 0. The second-order valence-corrected chi connectivity index (χ2v) is 5.30. The van der Waals surface area contributed by atoms with Crippen molar-refractivity contribution < 1.29 is 4.79 Å². The summed E-state index contributed by atoms with van der Waals surface area (Å²) in [7, 11) is 1.73. The molecule has 1 atom stereocenters. The highest BCUT2D eigenvalue weighted by molar-refractivity contribution is 9.10. The molecular weight excluding hydrogens is 296 g/mol. The molecule has 1 aromatic rings. The van der Waals surface area contributed by atoms with Gasteiger partial charge in [-0.2, -0.15) is 0 Å². The van der Waals surface area contributed by atoms with Gasteiger partial charge in [0, 0.05) is 13.5 Å². The number of carbonyl (C=O) groups is 1. The largest absolute Gasteiger partial charge is 0.330 e. The van der Waals surface area contributed by atoms with Crippen molar-refractivity contribution in [1.29, 1.82) is 0 Å². The number of Topliss-reactive ketones (excluding diaryl/α,β-unsaturated/α-hetero) is 1. The molecule has 0 aliphatic rings. The van der Waals surface area contributed by atoms with Gasteiger partial charge in [0.05, 0.1) is 0 Å². The molecule has 0 aromatic carbocycles. The zero-order chi connectivity index (χ0) is 13.5. The van der Waals surface area contributed by atoms with Crippen LogP contribution < -0.4 is 5.73 Å². The van der Waals surface area contributed by atoms with Gasteiger partial charge in [0.1, 0.15) is 5.69 Å². The molecule has 0 bridgehead atoms. The van der Waals surface area contributed by atoms with Crippen LogP contribution in [0.1, 0.15) is 49.5 Å². The molecule has 1 rings (SSSR count). The van der Waals surface area contributed by atoms with Gasteiger partial charge < -0.3 is 5.73 Å². The fraction of sp³-hybridized carbons (Fsp3) is 0.750. The van der Waals surface area contributed by atoms with E-state index >= 15 is 0 Å². The predicted molar refractivity (Wildman–Crippen MR) is 74.3 cm³/mol. The van der Waals surface area contributed by atoms with Crippen LogP contribution in [-0.4, -0.2) is 27.3 Å². The topological polar surface area (TPSA) is 73.8 Å². The zero-order valence-corrected chi connectivity index (χ0v) is 12.6. The molecule has 0 spiro atoms. The van der Waals surface area contributed by atoms with Crippen LogP contribution in [-0.2, 0) is 7.05 Å². The molecule has 1 unspecified atom stereocenters. The van der Waals surface area contributed by atoms with Gasteiger partial charge >= 0.3 is 0 Å². The standard InChI is InChI=1S/C12H21BrN4O/c1-3-4-9(7-8-14)5-6-10(18)11-12(13)15-16-17(11)2/h9H,3-8,14H2,1-2H3. The van der Waals surface area contributed by atoms with E-state index in [1.807, 2.05) is 0 Å². The minimum Gasteiger partial charge on any atom is -0.330 e. The molecule has 0 amide bonds. The average molecular weight is 317 g/mol. The van der Waals surface area contributed by atoms with Crippen molar-refractivity contribution in [2.45, 2.75) is 39.0 Å². The summed E-state index contributed by atoms with van der Waals surface area (Å²) in [5.41, 5.74) is 6.15. The first-order chi connectivity index (χ1) is 8.60. The molecule has 5 nitrogen and oxygen atoms in total. The highest BCUT2D eigenvalue weighted by Gasteiger charge is 2.18. The molecule has 0 fully saturated rings. The fourth-order valence-electron chi connectivity index (χ4n) is 2.16. The zero-order valence-electron chi connectivity index (χ0n) is 11.0. The van der Waals surface area contributed by atoms with E-state index < -0.39 is 0 Å². The summed E-state index contributed by atoms with van der Waals surface area (Å²) in [5, 5.41) is 7.64. The van der Waals surface area contributed by atoms with Crippen molar-refractivity contribution in [3.05, 3.63) is 10.3 Å². The van der Waals surface area contributed by atoms with Gasteiger partial charge in [-0.05, 0) is 41.2 Å². The minimum absolute atomic E-state index is 0.0903. The van der Waals surface area contributed by atoms with Crippen molar-refractivity contribution in [2.75, 3.05) is 6.54 Å². The van der Waals surface area contributed by atoms with Gasteiger partial charge in [-0.1, -0.05) is 25.0 Å². The Hall–Kier alpha value is -0.750. The smallest absolute Gasteiger partial charge is 0.183 e. The fourth-order valence-corrected chi connectivity index (χ4v) is 2.71. The number of rotatable bonds is 8. The second-order valence-electron chi connectivity index (χ2n) is 4.55. The highest BCUT2D eigenvalue weighted by Crippen LogP contribution is 2.20. The molecule has 0 aliphatic heterocycles. The van der Waals surface area contributed by atoms with E-state index in [0.29, 0.717) is 29.2 Å². The van der Waals surface area contributed by atoms with Crippen LogP contribution in [0.15, 0.2) is 4.60 Å². The van der Waals surface area contributed by atoms with E-state index in [2.05, 4.69) is 33.2 Å². The Morgan fingerprint density at radius 1 is 1.44 bits per heavy atom. The lowest BCUT2D eigenvalue weighted by atomic mass is 9.93. The Bertz CT molecular complexity index is 366. The van der Waals surface area contributed by atoms with Crippen LogP contribution >= 0.6 is 15.9 Å². The normalized spacial score (nSPS) is 12.7. The molecule has 1 heterocycles. The molecule has 0 saturated carbocycles. The molecule has 0 aliphatic carbocycles. The average Bonchev–Trinajstić information content (AvgIpc) is 2.66. The molecule has 0 radical (unpaired) electrons. The van der Waals surface area contributed by atoms with Crippen molar-refractivity contribution in [1.82, 2.24) is 15.0 Å². The van der Waals surface area contributed by atoms with Crippen molar-refractivity contribution in [3.8, 4) is 0 Å². The number of hydrogen-bond donors (Lipinski definition) is 1. The molecule has 2 N–H and O–H groups in total. The summed E-state index contributed by atoms with van der Waals surface area (Å²) in [5.74, 6) is 0.636. The van der Waals surface area contributed by atoms with Crippen molar-refractivity contribution >= 4 is 21.7 Å². The van der Waals surface area contributed by atoms with Gasteiger partial charge in [-0.25, -0.2) is 4.68 Å². The maximum atomic E-state index is 12.1. The van der Waals surface area contributed by atoms with Gasteiger partial charge in [0.2, 0.25) is 0 Å². The van der Waals surface area contributed by atoms with Gasteiger partial charge in [-0.3, -0.25) is 4.79 Å². The van der Waals surface area contributed by atoms with Crippen molar-refractivity contribution in [3.63, 3.8) is 0 Å². The summed E-state index contributed by atoms with van der Waals surface area (Å²) in [6.45, 7) is 2.85. The van der Waals surface area contributed by atoms with Gasteiger partial charge in [-0.15, -0.1) is 5.10 Å². The number of aryl methyl sites for hydroxylation is 1.